The summed E-state index contributed by atoms with van der Waals surface area (Å²) in [7, 11) is 0. The van der Waals surface area contributed by atoms with Gasteiger partial charge in [-0.1, -0.05) is 6.92 Å². The van der Waals surface area contributed by atoms with Gasteiger partial charge in [0.25, 0.3) is 0 Å². The summed E-state index contributed by atoms with van der Waals surface area (Å²) in [6.07, 6.45) is 5.14. The van der Waals surface area contributed by atoms with Gasteiger partial charge in [0, 0.05) is 37.3 Å². The number of piperidine rings is 1. The van der Waals surface area contributed by atoms with Crippen LogP contribution in [0.25, 0.3) is 0 Å². The molecule has 21 heavy (non-hydrogen) atoms. The minimum absolute atomic E-state index is 0.493. The highest BCUT2D eigenvalue weighted by Crippen LogP contribution is 2.17. The number of hydrogen-bond donors (Lipinski definition) is 1. The van der Waals surface area contributed by atoms with Gasteiger partial charge in [0.15, 0.2) is 5.82 Å². The zero-order chi connectivity index (χ0) is 14.5. The smallest absolute Gasteiger partial charge is 0.151 e. The number of anilines is 1. The summed E-state index contributed by atoms with van der Waals surface area (Å²) in [5.74, 6) is 0.978. The first kappa shape index (κ1) is 14.4. The van der Waals surface area contributed by atoms with E-state index in [9.17, 15) is 0 Å². The van der Waals surface area contributed by atoms with Crippen LogP contribution >= 0.6 is 11.3 Å². The van der Waals surface area contributed by atoms with Gasteiger partial charge in [-0.3, -0.25) is 0 Å². The van der Waals surface area contributed by atoms with E-state index in [1.165, 1.54) is 17.8 Å². The Bertz CT molecular complexity index is 556. The van der Waals surface area contributed by atoms with E-state index in [4.69, 9.17) is 0 Å². The van der Waals surface area contributed by atoms with Gasteiger partial charge >= 0.3 is 0 Å². The first-order chi connectivity index (χ1) is 10.3. The second kappa shape index (κ2) is 6.95. The highest BCUT2D eigenvalue weighted by molar-refractivity contribution is 7.09. The Morgan fingerprint density at radius 2 is 2.43 bits per heavy atom. The van der Waals surface area contributed by atoms with Gasteiger partial charge in [0.2, 0.25) is 0 Å². The molecule has 0 amide bonds. The Morgan fingerprint density at radius 1 is 1.48 bits per heavy atom. The summed E-state index contributed by atoms with van der Waals surface area (Å²) in [6.45, 7) is 5.06. The van der Waals surface area contributed by atoms with Gasteiger partial charge in [-0.15, -0.1) is 16.4 Å². The van der Waals surface area contributed by atoms with Crippen molar-refractivity contribution in [1.82, 2.24) is 20.5 Å². The lowest BCUT2D eigenvalue weighted by atomic mass is 10.1. The lowest BCUT2D eigenvalue weighted by molar-refractivity contribution is 0.418. The van der Waals surface area contributed by atoms with Crippen LogP contribution in [0.2, 0.25) is 0 Å². The van der Waals surface area contributed by atoms with Crippen molar-refractivity contribution in [3.63, 3.8) is 0 Å². The van der Waals surface area contributed by atoms with Crippen LogP contribution in [0.4, 0.5) is 5.82 Å². The first-order valence-electron chi connectivity index (χ1n) is 7.54. The third kappa shape index (κ3) is 3.77. The molecule has 0 aliphatic carbocycles. The van der Waals surface area contributed by atoms with Crippen molar-refractivity contribution in [2.24, 2.45) is 0 Å². The number of rotatable bonds is 5. The minimum Gasteiger partial charge on any atom is -0.354 e. The van der Waals surface area contributed by atoms with Crippen LogP contribution in [0.5, 0.6) is 0 Å². The Balaban J connectivity index is 1.54. The van der Waals surface area contributed by atoms with Crippen molar-refractivity contribution in [3.8, 4) is 0 Å². The predicted octanol–water partition coefficient (Wildman–Crippen LogP) is 2.25. The summed E-state index contributed by atoms with van der Waals surface area (Å²) in [6, 6.07) is 4.47. The summed E-state index contributed by atoms with van der Waals surface area (Å²) in [4.78, 5) is 6.92. The maximum atomic E-state index is 4.61. The maximum absolute atomic E-state index is 4.61. The third-order valence-corrected chi connectivity index (χ3v) is 4.82. The first-order valence-corrected chi connectivity index (χ1v) is 8.42. The lowest BCUT2D eigenvalue weighted by Gasteiger charge is -2.33. The molecule has 3 heterocycles. The Hall–Kier alpha value is -1.53. The van der Waals surface area contributed by atoms with Crippen LogP contribution < -0.4 is 10.2 Å². The van der Waals surface area contributed by atoms with Gasteiger partial charge in [-0.05, 0) is 31.4 Å². The molecule has 2 aromatic heterocycles. The predicted molar refractivity (Wildman–Crippen MR) is 85.6 cm³/mol. The highest BCUT2D eigenvalue weighted by atomic mass is 32.1. The van der Waals surface area contributed by atoms with E-state index in [0.717, 1.165) is 37.6 Å². The number of nitrogens with zero attached hydrogens (tertiary/aromatic N) is 4. The fourth-order valence-electron chi connectivity index (χ4n) is 2.66. The standard InChI is InChI=1S/C15H21N5S/c1-2-15-18-13(11-21-15)9-16-12-5-4-8-20(10-12)14-6-3-7-17-19-14/h3,6-7,11-12,16H,2,4-5,8-10H2,1H3/t12-/m1/s1. The quantitative estimate of drug-likeness (QED) is 0.918. The van der Waals surface area contributed by atoms with E-state index in [0.29, 0.717) is 6.04 Å². The van der Waals surface area contributed by atoms with Gasteiger partial charge in [0.05, 0.1) is 10.7 Å². The second-order valence-electron chi connectivity index (χ2n) is 5.33. The van der Waals surface area contributed by atoms with Crippen LogP contribution in [0.1, 0.15) is 30.5 Å². The molecule has 0 spiro atoms. The molecule has 112 valence electrons. The molecule has 0 radical (unpaired) electrons. The average molecular weight is 303 g/mol. The van der Waals surface area contributed by atoms with Crippen molar-refractivity contribution >= 4 is 17.2 Å². The fourth-order valence-corrected chi connectivity index (χ4v) is 3.40. The summed E-state index contributed by atoms with van der Waals surface area (Å²) < 4.78 is 0. The monoisotopic (exact) mass is 303 g/mol. The van der Waals surface area contributed by atoms with Crippen LogP contribution in [-0.2, 0) is 13.0 Å². The minimum atomic E-state index is 0.493. The van der Waals surface area contributed by atoms with E-state index in [1.54, 1.807) is 17.5 Å². The summed E-state index contributed by atoms with van der Waals surface area (Å²) in [5, 5.41) is 15.2. The molecular formula is C15H21N5S. The van der Waals surface area contributed by atoms with Gasteiger partial charge in [0.1, 0.15) is 0 Å². The molecule has 2 aromatic rings. The number of aryl methyl sites for hydroxylation is 1. The Labute approximate surface area is 129 Å². The van der Waals surface area contributed by atoms with Crippen LogP contribution in [-0.4, -0.2) is 34.3 Å². The molecule has 0 saturated carbocycles. The number of thiazole rings is 1. The van der Waals surface area contributed by atoms with E-state index in [2.05, 4.69) is 37.7 Å². The molecule has 1 aliphatic rings. The molecule has 1 fully saturated rings. The normalized spacial score (nSPS) is 18.9. The van der Waals surface area contributed by atoms with Crippen molar-refractivity contribution < 1.29 is 0 Å². The number of aromatic nitrogens is 3. The molecule has 1 saturated heterocycles. The SMILES string of the molecule is CCc1nc(CN[C@@H]2CCCN(c3cccnn3)C2)cs1. The fraction of sp³-hybridized carbons (Fsp3) is 0.533. The van der Waals surface area contributed by atoms with Crippen LogP contribution in [0.15, 0.2) is 23.7 Å². The van der Waals surface area contributed by atoms with Crippen LogP contribution in [0, 0.1) is 0 Å². The van der Waals surface area contributed by atoms with E-state index in [-0.39, 0.29) is 0 Å². The van der Waals surface area contributed by atoms with E-state index in [1.807, 2.05) is 12.1 Å². The largest absolute Gasteiger partial charge is 0.354 e. The van der Waals surface area contributed by atoms with Crippen molar-refractivity contribution in [2.45, 2.75) is 38.8 Å². The zero-order valence-corrected chi connectivity index (χ0v) is 13.1. The molecular weight excluding hydrogens is 282 g/mol. The Morgan fingerprint density at radius 3 is 3.19 bits per heavy atom. The summed E-state index contributed by atoms with van der Waals surface area (Å²) >= 11 is 1.75. The molecule has 0 unspecified atom stereocenters. The van der Waals surface area contributed by atoms with Gasteiger partial charge in [-0.2, -0.15) is 5.10 Å². The Kier molecular flexibility index (Phi) is 4.77. The van der Waals surface area contributed by atoms with Crippen molar-refractivity contribution in [1.29, 1.82) is 0 Å². The summed E-state index contributed by atoms with van der Waals surface area (Å²) in [5.41, 5.74) is 1.16. The molecule has 0 aromatic carbocycles. The van der Waals surface area contributed by atoms with Gasteiger partial charge < -0.3 is 10.2 Å². The molecule has 1 aliphatic heterocycles. The van der Waals surface area contributed by atoms with Crippen molar-refractivity contribution in [2.75, 3.05) is 18.0 Å². The zero-order valence-electron chi connectivity index (χ0n) is 12.3. The van der Waals surface area contributed by atoms with Crippen molar-refractivity contribution in [3.05, 3.63) is 34.4 Å². The third-order valence-electron chi connectivity index (χ3n) is 3.78. The molecule has 1 atom stereocenters. The topological polar surface area (TPSA) is 53.9 Å². The average Bonchev–Trinajstić information content (AvgIpc) is 3.02. The maximum Gasteiger partial charge on any atom is 0.151 e. The molecule has 3 rings (SSSR count). The molecule has 1 N–H and O–H groups in total. The molecule has 0 bridgehead atoms. The highest BCUT2D eigenvalue weighted by Gasteiger charge is 2.20. The van der Waals surface area contributed by atoms with E-state index < -0.39 is 0 Å². The molecule has 6 heteroatoms. The lowest BCUT2D eigenvalue weighted by Crippen LogP contribution is -2.45. The van der Waals surface area contributed by atoms with Crippen LogP contribution in [0.3, 0.4) is 0 Å². The molecule has 5 nitrogen and oxygen atoms in total. The van der Waals surface area contributed by atoms with E-state index >= 15 is 0 Å². The van der Waals surface area contributed by atoms with Gasteiger partial charge in [-0.25, -0.2) is 4.98 Å². The second-order valence-corrected chi connectivity index (χ2v) is 6.28. The number of hydrogen-bond acceptors (Lipinski definition) is 6. The number of nitrogens with one attached hydrogen (secondary N) is 1.